The third-order valence-electron chi connectivity index (χ3n) is 6.55. The Morgan fingerprint density at radius 3 is 2.65 bits per heavy atom. The molecule has 3 heterocycles. The zero-order valence-electron chi connectivity index (χ0n) is 18.1. The maximum absolute atomic E-state index is 13.5. The molecule has 0 unspecified atom stereocenters. The first-order valence-electron chi connectivity index (χ1n) is 10.8. The fourth-order valence-corrected chi connectivity index (χ4v) is 4.52. The number of nitrogens with zero attached hydrogens (tertiary/aromatic N) is 4. The summed E-state index contributed by atoms with van der Waals surface area (Å²) in [5.74, 6) is 1.24. The van der Waals surface area contributed by atoms with Crippen LogP contribution >= 0.6 is 0 Å². The summed E-state index contributed by atoms with van der Waals surface area (Å²) >= 11 is 0. The zero-order valence-corrected chi connectivity index (χ0v) is 18.1. The van der Waals surface area contributed by atoms with Crippen molar-refractivity contribution in [3.63, 3.8) is 0 Å². The number of hydrogen-bond acceptors (Lipinski definition) is 5. The molecule has 1 aromatic heterocycles. The summed E-state index contributed by atoms with van der Waals surface area (Å²) < 4.78 is 34.2. The number of aryl methyl sites for hydroxylation is 2. The van der Waals surface area contributed by atoms with Crippen LogP contribution in [0.15, 0.2) is 24.5 Å². The first kappa shape index (κ1) is 21.5. The molecule has 168 valence electrons. The lowest BCUT2D eigenvalue weighted by Gasteiger charge is -2.40. The fraction of sp³-hybridized carbons (Fsp3) is 0.591. The molecule has 2 aromatic rings. The highest BCUT2D eigenvalue weighted by atomic mass is 19.3. The van der Waals surface area contributed by atoms with Gasteiger partial charge in [0.05, 0.1) is 0 Å². The minimum Gasteiger partial charge on any atom is -0.481 e. The van der Waals surface area contributed by atoms with E-state index < -0.39 is 18.6 Å². The first-order chi connectivity index (χ1) is 14.8. The summed E-state index contributed by atoms with van der Waals surface area (Å²) in [6.07, 6.45) is 0.0497. The molecule has 1 amide bonds. The molecule has 0 saturated carbocycles. The van der Waals surface area contributed by atoms with E-state index in [0.717, 1.165) is 18.4 Å². The van der Waals surface area contributed by atoms with Gasteiger partial charge in [0.25, 0.3) is 12.3 Å². The SMILES string of the molecule is Cc1ccc(O[C@H](C)C(=O)N2CCC([C@@H]3C[C@H](C(F)F)n4ncnc4N3)CC2)cc1C. The van der Waals surface area contributed by atoms with Gasteiger partial charge in [0.1, 0.15) is 18.1 Å². The van der Waals surface area contributed by atoms with Gasteiger partial charge in [-0.05, 0) is 69.2 Å². The van der Waals surface area contributed by atoms with E-state index in [0.29, 0.717) is 31.2 Å². The summed E-state index contributed by atoms with van der Waals surface area (Å²) in [6, 6.07) is 4.74. The Morgan fingerprint density at radius 2 is 1.97 bits per heavy atom. The van der Waals surface area contributed by atoms with Gasteiger partial charge in [-0.15, -0.1) is 0 Å². The number of nitrogens with one attached hydrogen (secondary N) is 1. The number of piperidine rings is 1. The third-order valence-corrected chi connectivity index (χ3v) is 6.55. The number of ether oxygens (including phenoxy) is 1. The fourth-order valence-electron chi connectivity index (χ4n) is 4.52. The van der Waals surface area contributed by atoms with Gasteiger partial charge < -0.3 is 15.0 Å². The second-order valence-electron chi connectivity index (χ2n) is 8.59. The molecule has 0 spiro atoms. The molecular weight excluding hydrogens is 404 g/mol. The number of rotatable bonds is 5. The summed E-state index contributed by atoms with van der Waals surface area (Å²) in [4.78, 5) is 18.8. The van der Waals surface area contributed by atoms with Crippen LogP contribution < -0.4 is 10.1 Å². The molecule has 9 heteroatoms. The van der Waals surface area contributed by atoms with E-state index in [1.165, 1.54) is 16.6 Å². The highest BCUT2D eigenvalue weighted by Gasteiger charge is 2.39. The van der Waals surface area contributed by atoms with Gasteiger partial charge in [-0.25, -0.2) is 13.5 Å². The van der Waals surface area contributed by atoms with Gasteiger partial charge in [-0.3, -0.25) is 4.79 Å². The van der Waals surface area contributed by atoms with E-state index in [1.807, 2.05) is 36.9 Å². The van der Waals surface area contributed by atoms with E-state index >= 15 is 0 Å². The Morgan fingerprint density at radius 1 is 1.23 bits per heavy atom. The molecule has 31 heavy (non-hydrogen) atoms. The normalized spacial score (nSPS) is 22.7. The van der Waals surface area contributed by atoms with E-state index in [-0.39, 0.29) is 17.9 Å². The third kappa shape index (κ3) is 4.50. The number of amides is 1. The Balaban J connectivity index is 1.33. The standard InChI is InChI=1S/C22H29F2N5O2/c1-13-4-5-17(10-14(13)2)31-15(3)21(30)28-8-6-16(7-9-28)18-11-19(20(23)24)29-22(27-18)25-12-26-29/h4-5,10,12,15-16,18-20H,6-9,11H2,1-3H3,(H,25,26,27)/t15-,18+,19-/m1/s1. The lowest BCUT2D eigenvalue weighted by molar-refractivity contribution is -0.139. The number of halogens is 2. The molecule has 1 aromatic carbocycles. The molecular formula is C22H29F2N5O2. The summed E-state index contributed by atoms with van der Waals surface area (Å²) in [7, 11) is 0. The predicted molar refractivity (Wildman–Crippen MR) is 112 cm³/mol. The number of hydrogen-bond donors (Lipinski definition) is 1. The molecule has 3 atom stereocenters. The minimum atomic E-state index is -2.49. The van der Waals surface area contributed by atoms with Crippen molar-refractivity contribution in [2.24, 2.45) is 5.92 Å². The molecule has 1 fully saturated rings. The van der Waals surface area contributed by atoms with Crippen LogP contribution in [0.1, 0.15) is 43.4 Å². The second kappa shape index (κ2) is 8.80. The van der Waals surface area contributed by atoms with Gasteiger partial charge in [0.2, 0.25) is 5.95 Å². The van der Waals surface area contributed by atoms with Crippen LogP contribution in [0.3, 0.4) is 0 Å². The van der Waals surface area contributed by atoms with Gasteiger partial charge >= 0.3 is 0 Å². The number of carbonyl (C=O) groups is 1. The van der Waals surface area contributed by atoms with E-state index in [9.17, 15) is 13.6 Å². The van der Waals surface area contributed by atoms with E-state index in [1.54, 1.807) is 6.92 Å². The molecule has 1 N–H and O–H groups in total. The molecule has 2 aliphatic rings. The van der Waals surface area contributed by atoms with Crippen LogP contribution in [0, 0.1) is 19.8 Å². The van der Waals surface area contributed by atoms with Gasteiger partial charge in [-0.2, -0.15) is 10.1 Å². The van der Waals surface area contributed by atoms with Crippen molar-refractivity contribution in [2.75, 3.05) is 18.4 Å². The van der Waals surface area contributed by atoms with Crippen LogP contribution in [-0.2, 0) is 4.79 Å². The Labute approximate surface area is 180 Å². The van der Waals surface area contributed by atoms with Gasteiger partial charge in [-0.1, -0.05) is 6.07 Å². The summed E-state index contributed by atoms with van der Waals surface area (Å²) in [5.41, 5.74) is 2.30. The predicted octanol–water partition coefficient (Wildman–Crippen LogP) is 3.59. The van der Waals surface area contributed by atoms with Gasteiger partial charge in [0.15, 0.2) is 6.10 Å². The average molecular weight is 434 g/mol. The van der Waals surface area contributed by atoms with Crippen LogP contribution in [0.4, 0.5) is 14.7 Å². The average Bonchev–Trinajstić information content (AvgIpc) is 3.23. The van der Waals surface area contributed by atoms with Crippen molar-refractivity contribution in [2.45, 2.75) is 64.6 Å². The Bertz CT molecular complexity index is 926. The smallest absolute Gasteiger partial charge is 0.263 e. The number of fused-ring (bicyclic) bond motifs is 1. The number of carbonyl (C=O) groups excluding carboxylic acids is 1. The molecule has 1 saturated heterocycles. The summed E-state index contributed by atoms with van der Waals surface area (Å²) in [6.45, 7) is 7.00. The topological polar surface area (TPSA) is 72.3 Å². The van der Waals surface area contributed by atoms with Crippen molar-refractivity contribution in [3.8, 4) is 5.75 Å². The number of likely N-dealkylation sites (tertiary alicyclic amines) is 1. The molecule has 0 radical (unpaired) electrons. The quantitative estimate of drug-likeness (QED) is 0.780. The van der Waals surface area contributed by atoms with Gasteiger partial charge in [0, 0.05) is 19.1 Å². The highest BCUT2D eigenvalue weighted by molar-refractivity contribution is 5.81. The lowest BCUT2D eigenvalue weighted by atomic mass is 9.85. The van der Waals surface area contributed by atoms with E-state index in [4.69, 9.17) is 4.74 Å². The number of aromatic nitrogens is 3. The van der Waals surface area contributed by atoms with E-state index in [2.05, 4.69) is 15.4 Å². The highest BCUT2D eigenvalue weighted by Crippen LogP contribution is 2.35. The zero-order chi connectivity index (χ0) is 22.1. The maximum atomic E-state index is 13.5. The number of alkyl halides is 2. The molecule has 2 aliphatic heterocycles. The monoisotopic (exact) mass is 433 g/mol. The molecule has 0 aliphatic carbocycles. The van der Waals surface area contributed by atoms with Crippen LogP contribution in [0.2, 0.25) is 0 Å². The number of benzene rings is 1. The maximum Gasteiger partial charge on any atom is 0.263 e. The minimum absolute atomic E-state index is 0.0431. The van der Waals surface area contributed by atoms with Crippen molar-refractivity contribution < 1.29 is 18.3 Å². The van der Waals surface area contributed by atoms with Crippen LogP contribution in [0.5, 0.6) is 5.75 Å². The largest absolute Gasteiger partial charge is 0.481 e. The summed E-state index contributed by atoms with van der Waals surface area (Å²) in [5, 5.41) is 7.20. The molecule has 4 rings (SSSR count). The van der Waals surface area contributed by atoms with Crippen LogP contribution in [-0.4, -0.2) is 57.2 Å². The second-order valence-corrected chi connectivity index (χ2v) is 8.59. The lowest BCUT2D eigenvalue weighted by Crippen LogP contribution is -2.48. The van der Waals surface area contributed by atoms with Crippen molar-refractivity contribution in [1.29, 1.82) is 0 Å². The Kier molecular flexibility index (Phi) is 6.11. The molecule has 0 bridgehead atoms. The van der Waals surface area contributed by atoms with Crippen LogP contribution in [0.25, 0.3) is 0 Å². The van der Waals surface area contributed by atoms with Crippen molar-refractivity contribution in [3.05, 3.63) is 35.7 Å². The Hall–Kier alpha value is -2.71. The first-order valence-corrected chi connectivity index (χ1v) is 10.8. The van der Waals surface area contributed by atoms with Crippen molar-refractivity contribution in [1.82, 2.24) is 19.7 Å². The molecule has 7 nitrogen and oxygen atoms in total. The van der Waals surface area contributed by atoms with Crippen molar-refractivity contribution >= 4 is 11.9 Å². The number of anilines is 1.